The van der Waals surface area contributed by atoms with Gasteiger partial charge in [-0.15, -0.1) is 6.58 Å². The van der Waals surface area contributed by atoms with Crippen LogP contribution in [0.15, 0.2) is 12.7 Å². The lowest BCUT2D eigenvalue weighted by Gasteiger charge is -2.44. The molecule has 0 aromatic carbocycles. The first-order valence-electron chi connectivity index (χ1n) is 6.92. The van der Waals surface area contributed by atoms with E-state index in [1.54, 1.807) is 0 Å². The van der Waals surface area contributed by atoms with Crippen LogP contribution in [0.4, 0.5) is 48.3 Å². The fraction of sp³-hybridized carbons (Fsp3) is 0.769. The highest BCUT2D eigenvalue weighted by Crippen LogP contribution is 2.53. The van der Waals surface area contributed by atoms with E-state index in [1.165, 1.54) is 5.32 Å². The summed E-state index contributed by atoms with van der Waals surface area (Å²) in [5.41, 5.74) is -9.56. The van der Waals surface area contributed by atoms with Crippen LogP contribution in [0, 0.1) is 0 Å². The molecule has 2 atom stereocenters. The van der Waals surface area contributed by atoms with Crippen LogP contribution in [0.5, 0.6) is 0 Å². The van der Waals surface area contributed by atoms with E-state index in [0.717, 1.165) is 6.08 Å². The molecule has 0 heterocycles. The monoisotopic (exact) mass is 425 g/mol. The van der Waals surface area contributed by atoms with Gasteiger partial charge in [-0.3, -0.25) is 4.79 Å². The maximum absolute atomic E-state index is 14.7. The lowest BCUT2D eigenvalue weighted by Crippen LogP contribution is -2.70. The second-order valence-electron chi connectivity index (χ2n) is 5.43. The largest absolute Gasteiger partial charge is 0.462 e. The maximum atomic E-state index is 14.7. The van der Waals surface area contributed by atoms with Crippen LogP contribution in [-0.4, -0.2) is 48.1 Å². The second-order valence-corrected chi connectivity index (χ2v) is 5.43. The Bertz CT molecular complexity index is 557. The third-order valence-electron chi connectivity index (χ3n) is 3.59. The van der Waals surface area contributed by atoms with E-state index in [-0.39, 0.29) is 6.92 Å². The zero-order valence-corrected chi connectivity index (χ0v) is 13.7. The summed E-state index contributed by atoms with van der Waals surface area (Å²) in [7, 11) is 0. The molecule has 0 aliphatic heterocycles. The molecule has 0 saturated heterocycles. The molecule has 1 N–H and O–H groups in total. The van der Waals surface area contributed by atoms with E-state index in [2.05, 4.69) is 11.3 Å². The van der Waals surface area contributed by atoms with E-state index < -0.39 is 54.5 Å². The molecule has 1 amide bonds. The fourth-order valence-electron chi connectivity index (χ4n) is 1.85. The Hall–Kier alpha value is -1.60. The minimum Gasteiger partial charge on any atom is -0.349 e. The number of carbonyl (C=O) groups excluding carboxylic acids is 1. The third kappa shape index (κ3) is 4.29. The van der Waals surface area contributed by atoms with Gasteiger partial charge in [0, 0.05) is 6.54 Å². The average molecular weight is 425 g/mol. The Kier molecular flexibility index (Phi) is 6.99. The highest BCUT2D eigenvalue weighted by molar-refractivity contribution is 5.87. The molecule has 14 heteroatoms. The summed E-state index contributed by atoms with van der Waals surface area (Å²) in [6.45, 7) is 2.53. The number of hydrogen-bond donors (Lipinski definition) is 1. The number of amides is 1. The Labute approximate surface area is 145 Å². The molecule has 0 radical (unpaired) electrons. The van der Waals surface area contributed by atoms with Crippen LogP contribution in [0.2, 0.25) is 0 Å². The predicted molar refractivity (Wildman–Crippen MR) is 68.8 cm³/mol. The standard InChI is InChI=1S/C13H14F11NO2/c1-4-6-25-7(26)9(14,11(17,18)19)8(3,5-2)27-13(23,24)10(15,16)12(20,21)22/h4H,1,5-6H2,2-3H3,(H,25,26). The molecule has 0 rings (SSSR count). The van der Waals surface area contributed by atoms with E-state index in [4.69, 9.17) is 0 Å². The first-order valence-corrected chi connectivity index (χ1v) is 6.92. The minimum absolute atomic E-state index is 0.172. The van der Waals surface area contributed by atoms with Gasteiger partial charge in [0.25, 0.3) is 5.91 Å². The summed E-state index contributed by atoms with van der Waals surface area (Å²) in [4.78, 5) is 11.6. The SMILES string of the molecule is C=CCNC(=O)C(F)(C(F)(F)F)C(C)(CC)OC(F)(F)C(F)(F)C(F)(F)F. The lowest BCUT2D eigenvalue weighted by molar-refractivity contribution is -0.454. The number of ether oxygens (including phenoxy) is 1. The van der Waals surface area contributed by atoms with E-state index in [0.29, 0.717) is 6.92 Å². The summed E-state index contributed by atoms with van der Waals surface area (Å²) in [6.07, 6.45) is -20.6. The van der Waals surface area contributed by atoms with Crippen molar-refractivity contribution in [3.63, 3.8) is 0 Å². The summed E-state index contributed by atoms with van der Waals surface area (Å²) in [5, 5.41) is 1.29. The molecule has 160 valence electrons. The van der Waals surface area contributed by atoms with Crippen LogP contribution in [0.1, 0.15) is 20.3 Å². The molecule has 0 bridgehead atoms. The van der Waals surface area contributed by atoms with Gasteiger partial charge >= 0.3 is 30.1 Å². The average Bonchev–Trinajstić information content (AvgIpc) is 2.48. The van der Waals surface area contributed by atoms with Crippen LogP contribution in [0.25, 0.3) is 0 Å². The highest BCUT2D eigenvalue weighted by atomic mass is 19.4. The van der Waals surface area contributed by atoms with Crippen LogP contribution in [0.3, 0.4) is 0 Å². The van der Waals surface area contributed by atoms with Crippen LogP contribution >= 0.6 is 0 Å². The number of alkyl halides is 11. The molecule has 0 aliphatic carbocycles. The van der Waals surface area contributed by atoms with Gasteiger partial charge in [0.1, 0.15) is 5.60 Å². The Morgan fingerprint density at radius 2 is 1.41 bits per heavy atom. The van der Waals surface area contributed by atoms with Gasteiger partial charge in [-0.1, -0.05) is 13.0 Å². The van der Waals surface area contributed by atoms with Crippen molar-refractivity contribution in [2.45, 2.75) is 55.9 Å². The summed E-state index contributed by atoms with van der Waals surface area (Å²) >= 11 is 0. The number of hydrogen-bond acceptors (Lipinski definition) is 2. The van der Waals surface area contributed by atoms with Crippen molar-refractivity contribution in [3.8, 4) is 0 Å². The minimum atomic E-state index is -6.97. The van der Waals surface area contributed by atoms with Crippen LogP contribution < -0.4 is 5.32 Å². The van der Waals surface area contributed by atoms with Crippen molar-refractivity contribution >= 4 is 5.91 Å². The topological polar surface area (TPSA) is 38.3 Å². The molecule has 0 spiro atoms. The number of rotatable bonds is 8. The van der Waals surface area contributed by atoms with E-state index in [9.17, 15) is 53.1 Å². The molecule has 0 aromatic rings. The fourth-order valence-corrected chi connectivity index (χ4v) is 1.85. The molecule has 2 unspecified atom stereocenters. The first kappa shape index (κ1) is 25.4. The van der Waals surface area contributed by atoms with Gasteiger partial charge in [0.15, 0.2) is 0 Å². The molecule has 0 aromatic heterocycles. The second kappa shape index (κ2) is 7.43. The molecule has 3 nitrogen and oxygen atoms in total. The predicted octanol–water partition coefficient (Wildman–Crippen LogP) is 4.53. The molecule has 27 heavy (non-hydrogen) atoms. The Morgan fingerprint density at radius 1 is 0.963 bits per heavy atom. The first-order chi connectivity index (χ1) is 11.7. The highest BCUT2D eigenvalue weighted by Gasteiger charge is 2.79. The lowest BCUT2D eigenvalue weighted by atomic mass is 9.81. The Morgan fingerprint density at radius 3 is 1.70 bits per heavy atom. The molecular weight excluding hydrogens is 411 g/mol. The van der Waals surface area contributed by atoms with Crippen molar-refractivity contribution in [3.05, 3.63) is 12.7 Å². The van der Waals surface area contributed by atoms with Crippen molar-refractivity contribution in [1.82, 2.24) is 5.32 Å². The van der Waals surface area contributed by atoms with Crippen molar-refractivity contribution in [1.29, 1.82) is 0 Å². The molecule has 0 saturated carbocycles. The van der Waals surface area contributed by atoms with Gasteiger partial charge in [-0.25, -0.2) is 4.39 Å². The smallest absolute Gasteiger partial charge is 0.349 e. The van der Waals surface area contributed by atoms with Crippen molar-refractivity contribution in [2.24, 2.45) is 0 Å². The third-order valence-corrected chi connectivity index (χ3v) is 3.59. The zero-order chi connectivity index (χ0) is 22.1. The number of nitrogens with one attached hydrogen (secondary N) is 1. The van der Waals surface area contributed by atoms with Gasteiger partial charge in [-0.05, 0) is 13.3 Å². The van der Waals surface area contributed by atoms with Gasteiger partial charge in [0.2, 0.25) is 0 Å². The summed E-state index contributed by atoms with van der Waals surface area (Å²) < 4.78 is 147. The number of halogens is 11. The molecule has 0 fully saturated rings. The van der Waals surface area contributed by atoms with Gasteiger partial charge in [-0.2, -0.15) is 43.9 Å². The molecular formula is C13H14F11NO2. The summed E-state index contributed by atoms with van der Waals surface area (Å²) in [5.74, 6) is -9.61. The van der Waals surface area contributed by atoms with E-state index in [1.807, 2.05) is 0 Å². The zero-order valence-electron chi connectivity index (χ0n) is 13.7. The van der Waals surface area contributed by atoms with Crippen molar-refractivity contribution in [2.75, 3.05) is 6.54 Å². The number of carbonyl (C=O) groups is 1. The normalized spacial score (nSPS) is 18.4. The summed E-state index contributed by atoms with van der Waals surface area (Å²) in [6, 6.07) is 0. The van der Waals surface area contributed by atoms with E-state index >= 15 is 0 Å². The van der Waals surface area contributed by atoms with Gasteiger partial charge in [0.05, 0.1) is 0 Å². The van der Waals surface area contributed by atoms with Crippen molar-refractivity contribution < 1.29 is 57.8 Å². The van der Waals surface area contributed by atoms with Crippen LogP contribution in [-0.2, 0) is 9.53 Å². The Balaban J connectivity index is 6.36. The molecule has 0 aliphatic rings. The van der Waals surface area contributed by atoms with Gasteiger partial charge < -0.3 is 10.1 Å². The quantitative estimate of drug-likeness (QED) is 0.458. The maximum Gasteiger partial charge on any atom is 0.462 e.